The number of rotatable bonds is 4. The van der Waals surface area contributed by atoms with Crippen molar-refractivity contribution in [2.24, 2.45) is 5.92 Å². The molecule has 0 N–H and O–H groups in total. The molecule has 0 radical (unpaired) electrons. The zero-order valence-electron chi connectivity index (χ0n) is 12.0. The van der Waals surface area contributed by atoms with Crippen molar-refractivity contribution in [2.75, 3.05) is 33.9 Å². The first-order valence-corrected chi connectivity index (χ1v) is 6.38. The fraction of sp³-hybridized carbons (Fsp3) is 0.692. The number of hydrogen-bond donors (Lipinski definition) is 0. The Morgan fingerprint density at radius 1 is 1.47 bits per heavy atom. The third kappa shape index (κ3) is 4.55. The van der Waals surface area contributed by atoms with Gasteiger partial charge >= 0.3 is 6.09 Å². The van der Waals surface area contributed by atoms with Crippen LogP contribution in [0.3, 0.4) is 0 Å². The molecule has 2 amide bonds. The van der Waals surface area contributed by atoms with Crippen LogP contribution in [0.15, 0.2) is 11.6 Å². The highest BCUT2D eigenvalue weighted by atomic mass is 16.7. The Hall–Kier alpha value is -1.56. The van der Waals surface area contributed by atoms with Gasteiger partial charge in [0.15, 0.2) is 0 Å². The lowest BCUT2D eigenvalue weighted by atomic mass is 10.1. The van der Waals surface area contributed by atoms with E-state index in [1.54, 1.807) is 11.9 Å². The number of carbonyl (C=O) groups is 2. The van der Waals surface area contributed by atoms with Crippen molar-refractivity contribution in [2.45, 2.75) is 20.3 Å². The standard InChI is InChI=1S/C13H22N2O4/c1-10(2)9-19-13(17)15-7-5-6-11(8-15)12(16)14(3)18-4/h6,10H,5,7-9H2,1-4H3. The first-order valence-electron chi connectivity index (χ1n) is 6.38. The number of nitrogens with zero attached hydrogens (tertiary/aromatic N) is 2. The van der Waals surface area contributed by atoms with Crippen molar-refractivity contribution >= 4 is 12.0 Å². The van der Waals surface area contributed by atoms with Crippen LogP contribution >= 0.6 is 0 Å². The summed E-state index contributed by atoms with van der Waals surface area (Å²) < 4.78 is 5.16. The molecule has 0 fully saturated rings. The monoisotopic (exact) mass is 270 g/mol. The number of hydroxylamine groups is 2. The van der Waals surface area contributed by atoms with E-state index in [0.29, 0.717) is 31.1 Å². The Morgan fingerprint density at radius 2 is 2.16 bits per heavy atom. The van der Waals surface area contributed by atoms with E-state index in [1.807, 2.05) is 19.9 Å². The highest BCUT2D eigenvalue weighted by Gasteiger charge is 2.24. The first kappa shape index (κ1) is 15.5. The predicted molar refractivity (Wildman–Crippen MR) is 70.2 cm³/mol. The molecule has 1 rings (SSSR count). The lowest BCUT2D eigenvalue weighted by molar-refractivity contribution is -0.164. The van der Waals surface area contributed by atoms with E-state index in [4.69, 9.17) is 9.57 Å². The van der Waals surface area contributed by atoms with Gasteiger partial charge < -0.3 is 9.64 Å². The second-order valence-electron chi connectivity index (χ2n) is 4.90. The molecule has 1 heterocycles. The second kappa shape index (κ2) is 7.13. The average molecular weight is 270 g/mol. The summed E-state index contributed by atoms with van der Waals surface area (Å²) in [5.41, 5.74) is 0.553. The summed E-state index contributed by atoms with van der Waals surface area (Å²) in [6.45, 7) is 5.19. The summed E-state index contributed by atoms with van der Waals surface area (Å²) in [5, 5.41) is 1.15. The van der Waals surface area contributed by atoms with E-state index in [1.165, 1.54) is 7.11 Å². The number of amides is 2. The minimum absolute atomic E-state index is 0.233. The molecule has 0 aromatic carbocycles. The minimum Gasteiger partial charge on any atom is -0.449 e. The van der Waals surface area contributed by atoms with Crippen molar-refractivity contribution in [3.8, 4) is 0 Å². The fourth-order valence-electron chi connectivity index (χ4n) is 1.67. The van der Waals surface area contributed by atoms with E-state index < -0.39 is 0 Å². The van der Waals surface area contributed by atoms with Gasteiger partial charge in [-0.2, -0.15) is 0 Å². The van der Waals surface area contributed by atoms with Crippen LogP contribution in [0.4, 0.5) is 4.79 Å². The van der Waals surface area contributed by atoms with Crippen LogP contribution in [0.25, 0.3) is 0 Å². The smallest absolute Gasteiger partial charge is 0.410 e. The van der Waals surface area contributed by atoms with E-state index >= 15 is 0 Å². The van der Waals surface area contributed by atoms with Crippen LogP contribution in [0, 0.1) is 5.92 Å². The maximum absolute atomic E-state index is 11.9. The maximum atomic E-state index is 11.9. The molecule has 0 saturated heterocycles. The summed E-state index contributed by atoms with van der Waals surface area (Å²) in [7, 11) is 2.97. The van der Waals surface area contributed by atoms with E-state index in [-0.39, 0.29) is 18.5 Å². The van der Waals surface area contributed by atoms with Crippen LogP contribution in [-0.2, 0) is 14.4 Å². The van der Waals surface area contributed by atoms with Gasteiger partial charge in [-0.1, -0.05) is 19.9 Å². The lowest BCUT2D eigenvalue weighted by Gasteiger charge is -2.27. The topological polar surface area (TPSA) is 59.1 Å². The molecule has 108 valence electrons. The Bertz CT molecular complexity index is 366. The quantitative estimate of drug-likeness (QED) is 0.725. The molecule has 1 aliphatic heterocycles. The zero-order valence-corrected chi connectivity index (χ0v) is 12.0. The van der Waals surface area contributed by atoms with Gasteiger partial charge in [0.2, 0.25) is 0 Å². The molecule has 0 aromatic heterocycles. The summed E-state index contributed by atoms with van der Waals surface area (Å²) in [4.78, 5) is 30.1. The first-order chi connectivity index (χ1) is 8.95. The summed E-state index contributed by atoms with van der Waals surface area (Å²) in [5.74, 6) is 0.0638. The molecule has 0 bridgehead atoms. The number of likely N-dealkylation sites (N-methyl/N-ethyl adjacent to an activating group) is 1. The molecule has 0 saturated carbocycles. The molecule has 0 unspecified atom stereocenters. The Balaban J connectivity index is 2.56. The third-order valence-electron chi connectivity index (χ3n) is 2.78. The van der Waals surface area contributed by atoms with E-state index in [9.17, 15) is 9.59 Å². The minimum atomic E-state index is -0.368. The van der Waals surface area contributed by atoms with Gasteiger partial charge in [0.05, 0.1) is 20.3 Å². The molecular formula is C13H22N2O4. The predicted octanol–water partition coefficient (Wildman–Crippen LogP) is 1.43. The SMILES string of the molecule is CON(C)C(=O)C1=CCCN(C(=O)OCC(C)C)C1. The number of carbonyl (C=O) groups excluding carboxylic acids is 2. The maximum Gasteiger partial charge on any atom is 0.410 e. The van der Waals surface area contributed by atoms with Gasteiger partial charge in [-0.15, -0.1) is 0 Å². The van der Waals surface area contributed by atoms with E-state index in [0.717, 1.165) is 5.06 Å². The van der Waals surface area contributed by atoms with Crippen molar-refractivity contribution in [1.82, 2.24) is 9.96 Å². The van der Waals surface area contributed by atoms with Crippen LogP contribution in [0.1, 0.15) is 20.3 Å². The highest BCUT2D eigenvalue weighted by Crippen LogP contribution is 2.13. The molecule has 6 heteroatoms. The summed E-state index contributed by atoms with van der Waals surface area (Å²) in [6, 6.07) is 0. The number of ether oxygens (including phenoxy) is 1. The Labute approximate surface area is 113 Å². The fourth-order valence-corrected chi connectivity index (χ4v) is 1.67. The molecular weight excluding hydrogens is 248 g/mol. The van der Waals surface area contributed by atoms with Gasteiger partial charge in [0, 0.05) is 19.2 Å². The molecule has 0 aromatic rings. The highest BCUT2D eigenvalue weighted by molar-refractivity contribution is 5.93. The molecule has 1 aliphatic rings. The second-order valence-corrected chi connectivity index (χ2v) is 4.90. The Kier molecular flexibility index (Phi) is 5.82. The average Bonchev–Trinajstić information content (AvgIpc) is 2.43. The molecule has 6 nitrogen and oxygen atoms in total. The van der Waals surface area contributed by atoms with Crippen molar-refractivity contribution in [3.63, 3.8) is 0 Å². The normalized spacial score (nSPS) is 15.2. The van der Waals surface area contributed by atoms with E-state index in [2.05, 4.69) is 0 Å². The van der Waals surface area contributed by atoms with Crippen LogP contribution < -0.4 is 0 Å². The lowest BCUT2D eigenvalue weighted by Crippen LogP contribution is -2.40. The van der Waals surface area contributed by atoms with Gasteiger partial charge in [-0.3, -0.25) is 9.63 Å². The van der Waals surface area contributed by atoms with Crippen molar-refractivity contribution < 1.29 is 19.2 Å². The van der Waals surface area contributed by atoms with Crippen LogP contribution in [0.5, 0.6) is 0 Å². The van der Waals surface area contributed by atoms with Gasteiger partial charge in [0.1, 0.15) is 0 Å². The van der Waals surface area contributed by atoms with Crippen LogP contribution in [-0.4, -0.2) is 55.8 Å². The van der Waals surface area contributed by atoms with Crippen molar-refractivity contribution in [1.29, 1.82) is 0 Å². The molecule has 0 aliphatic carbocycles. The summed E-state index contributed by atoms with van der Waals surface area (Å²) >= 11 is 0. The molecule has 0 atom stereocenters. The number of hydrogen-bond acceptors (Lipinski definition) is 4. The zero-order chi connectivity index (χ0) is 14.4. The third-order valence-corrected chi connectivity index (χ3v) is 2.78. The van der Waals surface area contributed by atoms with Crippen LogP contribution in [0.2, 0.25) is 0 Å². The molecule has 0 spiro atoms. The van der Waals surface area contributed by atoms with Gasteiger partial charge in [-0.05, 0) is 12.3 Å². The summed E-state index contributed by atoms with van der Waals surface area (Å²) in [6.07, 6.45) is 2.12. The van der Waals surface area contributed by atoms with Gasteiger partial charge in [-0.25, -0.2) is 9.86 Å². The molecule has 19 heavy (non-hydrogen) atoms. The Morgan fingerprint density at radius 3 is 2.74 bits per heavy atom. The largest absolute Gasteiger partial charge is 0.449 e. The van der Waals surface area contributed by atoms with Crippen molar-refractivity contribution in [3.05, 3.63) is 11.6 Å². The van der Waals surface area contributed by atoms with Gasteiger partial charge in [0.25, 0.3) is 5.91 Å².